The van der Waals surface area contributed by atoms with Gasteiger partial charge in [-0.1, -0.05) is 0 Å². The van der Waals surface area contributed by atoms with Gasteiger partial charge in [-0.3, -0.25) is 4.90 Å². The van der Waals surface area contributed by atoms with Gasteiger partial charge in [-0.15, -0.1) is 0 Å². The van der Waals surface area contributed by atoms with Crippen LogP contribution in [0.25, 0.3) is 0 Å². The second-order valence-electron chi connectivity index (χ2n) is 7.00. The average molecular weight is 336 g/mol. The molecule has 1 aliphatic heterocycles. The van der Waals surface area contributed by atoms with E-state index in [9.17, 15) is 5.11 Å². The van der Waals surface area contributed by atoms with Crippen LogP contribution in [0.5, 0.6) is 11.5 Å². The molecule has 1 fully saturated rings. The number of ether oxygens (including phenoxy) is 2. The molecule has 1 heterocycles. The van der Waals surface area contributed by atoms with E-state index in [-0.39, 0.29) is 18.2 Å². The summed E-state index contributed by atoms with van der Waals surface area (Å²) >= 11 is 0. The summed E-state index contributed by atoms with van der Waals surface area (Å²) in [5.41, 5.74) is 0.825. The quantitative estimate of drug-likeness (QED) is 0.801. The van der Waals surface area contributed by atoms with Gasteiger partial charge in [0.2, 0.25) is 0 Å². The van der Waals surface area contributed by atoms with Crippen molar-refractivity contribution in [2.75, 3.05) is 26.2 Å². The molecule has 24 heavy (non-hydrogen) atoms. The monoisotopic (exact) mass is 336 g/mol. The molecule has 5 heteroatoms. The SMILES string of the molecule is CC(C)Oc1ccc(C(O)C(C)N2CCNCC2)c(OC(C)C)c1. The number of aliphatic hydroxyl groups is 1. The zero-order valence-electron chi connectivity index (χ0n) is 15.6. The summed E-state index contributed by atoms with van der Waals surface area (Å²) in [6, 6.07) is 5.77. The molecule has 0 radical (unpaired) electrons. The van der Waals surface area contributed by atoms with Crippen LogP contribution in [0, 0.1) is 0 Å². The van der Waals surface area contributed by atoms with E-state index in [1.807, 2.05) is 45.9 Å². The molecule has 2 rings (SSSR count). The van der Waals surface area contributed by atoms with E-state index in [4.69, 9.17) is 9.47 Å². The summed E-state index contributed by atoms with van der Waals surface area (Å²) in [5.74, 6) is 1.48. The molecule has 1 aliphatic rings. The Morgan fingerprint density at radius 3 is 2.21 bits per heavy atom. The van der Waals surface area contributed by atoms with Gasteiger partial charge >= 0.3 is 0 Å². The molecule has 0 bridgehead atoms. The first kappa shape index (κ1) is 19.0. The lowest BCUT2D eigenvalue weighted by molar-refractivity contribution is 0.0483. The van der Waals surface area contributed by atoms with Gasteiger partial charge in [-0.05, 0) is 46.8 Å². The molecule has 1 aromatic rings. The van der Waals surface area contributed by atoms with Crippen LogP contribution in [0.1, 0.15) is 46.3 Å². The van der Waals surface area contributed by atoms with Crippen molar-refractivity contribution in [1.29, 1.82) is 0 Å². The van der Waals surface area contributed by atoms with E-state index in [2.05, 4.69) is 17.1 Å². The molecule has 136 valence electrons. The molecular weight excluding hydrogens is 304 g/mol. The van der Waals surface area contributed by atoms with Crippen molar-refractivity contribution in [2.45, 2.75) is 59.0 Å². The number of rotatable bonds is 7. The Labute approximate surface area is 146 Å². The zero-order valence-corrected chi connectivity index (χ0v) is 15.6. The number of aliphatic hydroxyl groups excluding tert-OH is 1. The van der Waals surface area contributed by atoms with Crippen molar-refractivity contribution < 1.29 is 14.6 Å². The molecule has 5 nitrogen and oxygen atoms in total. The Morgan fingerprint density at radius 1 is 1.00 bits per heavy atom. The zero-order chi connectivity index (χ0) is 17.7. The topological polar surface area (TPSA) is 54.0 Å². The highest BCUT2D eigenvalue weighted by molar-refractivity contribution is 5.42. The van der Waals surface area contributed by atoms with Crippen LogP contribution < -0.4 is 14.8 Å². The molecule has 1 saturated heterocycles. The van der Waals surface area contributed by atoms with E-state index >= 15 is 0 Å². The standard InChI is InChI=1S/C19H32N2O3/c1-13(2)23-16-6-7-17(18(12-16)24-14(3)4)19(22)15(5)21-10-8-20-9-11-21/h6-7,12-15,19-20,22H,8-11H2,1-5H3. The van der Waals surface area contributed by atoms with Crippen LogP contribution in [-0.2, 0) is 0 Å². The second kappa shape index (κ2) is 8.70. The fourth-order valence-electron chi connectivity index (χ4n) is 3.01. The maximum absolute atomic E-state index is 10.9. The Morgan fingerprint density at radius 2 is 1.62 bits per heavy atom. The number of benzene rings is 1. The van der Waals surface area contributed by atoms with Gasteiger partial charge in [-0.2, -0.15) is 0 Å². The van der Waals surface area contributed by atoms with Crippen molar-refractivity contribution in [1.82, 2.24) is 10.2 Å². The predicted molar refractivity (Wildman–Crippen MR) is 96.8 cm³/mol. The molecular formula is C19H32N2O3. The lowest BCUT2D eigenvalue weighted by Crippen LogP contribution is -2.49. The van der Waals surface area contributed by atoms with Crippen LogP contribution in [0.2, 0.25) is 0 Å². The van der Waals surface area contributed by atoms with Crippen molar-refractivity contribution in [2.24, 2.45) is 0 Å². The van der Waals surface area contributed by atoms with E-state index in [1.54, 1.807) is 0 Å². The molecule has 0 spiro atoms. The first-order valence-corrected chi connectivity index (χ1v) is 8.98. The molecule has 0 aromatic heterocycles. The first-order chi connectivity index (χ1) is 11.4. The minimum Gasteiger partial charge on any atom is -0.491 e. The van der Waals surface area contributed by atoms with Gasteiger partial charge in [0.05, 0.1) is 18.3 Å². The maximum Gasteiger partial charge on any atom is 0.129 e. The van der Waals surface area contributed by atoms with Gasteiger partial charge in [0, 0.05) is 43.9 Å². The molecule has 2 atom stereocenters. The molecule has 2 N–H and O–H groups in total. The number of hydrogen-bond donors (Lipinski definition) is 2. The van der Waals surface area contributed by atoms with Gasteiger partial charge in [0.1, 0.15) is 11.5 Å². The molecule has 0 amide bonds. The summed E-state index contributed by atoms with van der Waals surface area (Å²) < 4.78 is 11.7. The molecule has 1 aromatic carbocycles. The smallest absolute Gasteiger partial charge is 0.129 e. The fourth-order valence-corrected chi connectivity index (χ4v) is 3.01. The van der Waals surface area contributed by atoms with Crippen LogP contribution in [0.15, 0.2) is 18.2 Å². The van der Waals surface area contributed by atoms with Crippen molar-refractivity contribution in [3.63, 3.8) is 0 Å². The minimum atomic E-state index is -0.593. The van der Waals surface area contributed by atoms with E-state index in [1.165, 1.54) is 0 Å². The molecule has 0 aliphatic carbocycles. The highest BCUT2D eigenvalue weighted by Gasteiger charge is 2.27. The predicted octanol–water partition coefficient (Wildman–Crippen LogP) is 2.59. The number of piperazine rings is 1. The maximum atomic E-state index is 10.9. The van der Waals surface area contributed by atoms with Crippen molar-refractivity contribution >= 4 is 0 Å². The third-order valence-corrected chi connectivity index (χ3v) is 4.22. The van der Waals surface area contributed by atoms with E-state index in [0.29, 0.717) is 5.75 Å². The second-order valence-corrected chi connectivity index (χ2v) is 7.00. The summed E-state index contributed by atoms with van der Waals surface area (Å²) in [6.45, 7) is 13.9. The van der Waals surface area contributed by atoms with Gasteiger partial charge in [0.15, 0.2) is 0 Å². The summed E-state index contributed by atoms with van der Waals surface area (Å²) in [7, 11) is 0. The summed E-state index contributed by atoms with van der Waals surface area (Å²) in [4.78, 5) is 2.32. The van der Waals surface area contributed by atoms with Crippen LogP contribution in [-0.4, -0.2) is 54.4 Å². The summed E-state index contributed by atoms with van der Waals surface area (Å²) in [5, 5.41) is 14.3. The lowest BCUT2D eigenvalue weighted by atomic mass is 10.00. The Hall–Kier alpha value is -1.30. The summed E-state index contributed by atoms with van der Waals surface area (Å²) in [6.07, 6.45) is -0.447. The Balaban J connectivity index is 2.22. The van der Waals surface area contributed by atoms with Crippen LogP contribution in [0.4, 0.5) is 0 Å². The largest absolute Gasteiger partial charge is 0.491 e. The normalized spacial score (nSPS) is 18.7. The van der Waals surface area contributed by atoms with Crippen LogP contribution >= 0.6 is 0 Å². The number of nitrogens with zero attached hydrogens (tertiary/aromatic N) is 1. The molecule has 0 saturated carbocycles. The first-order valence-electron chi connectivity index (χ1n) is 8.98. The van der Waals surface area contributed by atoms with Crippen LogP contribution in [0.3, 0.4) is 0 Å². The Bertz CT molecular complexity index is 513. The number of nitrogens with one attached hydrogen (secondary N) is 1. The van der Waals surface area contributed by atoms with Gasteiger partial charge < -0.3 is 19.9 Å². The van der Waals surface area contributed by atoms with E-state index < -0.39 is 6.10 Å². The van der Waals surface area contributed by atoms with Crippen molar-refractivity contribution in [3.05, 3.63) is 23.8 Å². The lowest BCUT2D eigenvalue weighted by Gasteiger charge is -2.36. The highest BCUT2D eigenvalue weighted by Crippen LogP contribution is 2.33. The van der Waals surface area contributed by atoms with Gasteiger partial charge in [-0.25, -0.2) is 0 Å². The molecule has 2 unspecified atom stereocenters. The number of hydrogen-bond acceptors (Lipinski definition) is 5. The van der Waals surface area contributed by atoms with Crippen molar-refractivity contribution in [3.8, 4) is 11.5 Å². The minimum absolute atomic E-state index is 0.0403. The average Bonchev–Trinajstić information content (AvgIpc) is 2.53. The highest BCUT2D eigenvalue weighted by atomic mass is 16.5. The fraction of sp³-hybridized carbons (Fsp3) is 0.684. The Kier molecular flexibility index (Phi) is 6.90. The van der Waals surface area contributed by atoms with Gasteiger partial charge in [0.25, 0.3) is 0 Å². The van der Waals surface area contributed by atoms with E-state index in [0.717, 1.165) is 37.5 Å². The third-order valence-electron chi connectivity index (χ3n) is 4.22. The third kappa shape index (κ3) is 5.10.